The van der Waals surface area contributed by atoms with Crippen molar-refractivity contribution >= 4 is 5.95 Å². The lowest BCUT2D eigenvalue weighted by atomic mass is 10.2. The molecule has 1 aromatic heterocycles. The van der Waals surface area contributed by atoms with E-state index in [0.29, 0.717) is 11.7 Å². The number of aliphatic hydroxyl groups excluding tert-OH is 1. The van der Waals surface area contributed by atoms with Crippen molar-refractivity contribution in [1.29, 1.82) is 0 Å². The van der Waals surface area contributed by atoms with Gasteiger partial charge in [-0.05, 0) is 6.42 Å². The number of ether oxygens (including phenoxy) is 1. The van der Waals surface area contributed by atoms with Crippen LogP contribution < -0.4 is 10.1 Å². The van der Waals surface area contributed by atoms with Crippen LogP contribution in [-0.4, -0.2) is 34.8 Å². The van der Waals surface area contributed by atoms with Crippen molar-refractivity contribution in [2.45, 2.75) is 19.4 Å². The topological polar surface area (TPSA) is 67.3 Å². The number of rotatable bonds is 5. The van der Waals surface area contributed by atoms with E-state index >= 15 is 0 Å². The highest BCUT2D eigenvalue weighted by atomic mass is 16.5. The van der Waals surface area contributed by atoms with Gasteiger partial charge in [-0.3, -0.25) is 0 Å². The molecular formula is C9H15N3O2. The molecule has 1 atom stereocenters. The molecule has 5 nitrogen and oxygen atoms in total. The number of aromatic nitrogens is 2. The molecule has 1 unspecified atom stereocenters. The molecule has 0 spiro atoms. The van der Waals surface area contributed by atoms with Crippen molar-refractivity contribution in [1.82, 2.24) is 9.97 Å². The standard InChI is InChI=1S/C9H15N3O2/c1-3-7(6-13)12-9-10-4-8(14-2)5-11-9/h4-5,7,13H,3,6H2,1-2H3,(H,10,11,12). The van der Waals surface area contributed by atoms with Crippen LogP contribution in [0, 0.1) is 0 Å². The quantitative estimate of drug-likeness (QED) is 0.726. The van der Waals surface area contributed by atoms with Crippen molar-refractivity contribution in [2.75, 3.05) is 19.0 Å². The fraction of sp³-hybridized carbons (Fsp3) is 0.556. The first kappa shape index (κ1) is 10.7. The highest BCUT2D eigenvalue weighted by Crippen LogP contribution is 2.08. The third kappa shape index (κ3) is 2.85. The summed E-state index contributed by atoms with van der Waals surface area (Å²) in [6.07, 6.45) is 3.99. The lowest BCUT2D eigenvalue weighted by Crippen LogP contribution is -2.23. The number of hydrogen-bond acceptors (Lipinski definition) is 5. The highest BCUT2D eigenvalue weighted by Gasteiger charge is 2.05. The Morgan fingerprint density at radius 2 is 2.14 bits per heavy atom. The summed E-state index contributed by atoms with van der Waals surface area (Å²) in [5.41, 5.74) is 0. The van der Waals surface area contributed by atoms with Crippen molar-refractivity contribution in [3.05, 3.63) is 12.4 Å². The third-order valence-electron chi connectivity index (χ3n) is 1.91. The summed E-state index contributed by atoms with van der Waals surface area (Å²) in [7, 11) is 1.56. The SMILES string of the molecule is CCC(CO)Nc1ncc(OC)cn1. The number of anilines is 1. The maximum Gasteiger partial charge on any atom is 0.223 e. The first-order valence-corrected chi connectivity index (χ1v) is 4.53. The Bertz CT molecular complexity index is 259. The van der Waals surface area contributed by atoms with Gasteiger partial charge in [0.05, 0.1) is 32.2 Å². The second kappa shape index (κ2) is 5.39. The molecule has 0 radical (unpaired) electrons. The van der Waals surface area contributed by atoms with Crippen LogP contribution in [-0.2, 0) is 0 Å². The van der Waals surface area contributed by atoms with Gasteiger partial charge in [0, 0.05) is 0 Å². The van der Waals surface area contributed by atoms with Gasteiger partial charge < -0.3 is 15.2 Å². The van der Waals surface area contributed by atoms with Gasteiger partial charge in [0.2, 0.25) is 5.95 Å². The Morgan fingerprint density at radius 1 is 1.50 bits per heavy atom. The Balaban J connectivity index is 2.58. The average Bonchev–Trinajstić information content (AvgIpc) is 2.26. The molecule has 1 aromatic rings. The minimum Gasteiger partial charge on any atom is -0.494 e. The summed E-state index contributed by atoms with van der Waals surface area (Å²) in [6, 6.07) is 0.00314. The number of methoxy groups -OCH3 is 1. The van der Waals surface area contributed by atoms with Gasteiger partial charge in [0.25, 0.3) is 0 Å². The summed E-state index contributed by atoms with van der Waals surface area (Å²) >= 11 is 0. The first-order chi connectivity index (χ1) is 6.80. The van der Waals surface area contributed by atoms with E-state index < -0.39 is 0 Å². The van der Waals surface area contributed by atoms with Crippen molar-refractivity contribution < 1.29 is 9.84 Å². The molecule has 0 amide bonds. The molecule has 0 aliphatic heterocycles. The van der Waals surface area contributed by atoms with Gasteiger partial charge in [-0.1, -0.05) is 6.92 Å². The average molecular weight is 197 g/mol. The normalized spacial score (nSPS) is 12.2. The Labute approximate surface area is 83.2 Å². The summed E-state index contributed by atoms with van der Waals surface area (Å²) in [5, 5.41) is 11.9. The molecule has 14 heavy (non-hydrogen) atoms. The zero-order valence-corrected chi connectivity index (χ0v) is 8.40. The van der Waals surface area contributed by atoms with E-state index in [4.69, 9.17) is 9.84 Å². The van der Waals surface area contributed by atoms with E-state index in [1.54, 1.807) is 19.5 Å². The maximum atomic E-state index is 8.95. The predicted molar refractivity (Wildman–Crippen MR) is 53.4 cm³/mol. The summed E-state index contributed by atoms with van der Waals surface area (Å²) < 4.78 is 4.92. The molecule has 0 bridgehead atoms. The lowest BCUT2D eigenvalue weighted by Gasteiger charge is -2.13. The number of aliphatic hydroxyl groups is 1. The van der Waals surface area contributed by atoms with Crippen molar-refractivity contribution in [3.8, 4) is 5.75 Å². The van der Waals surface area contributed by atoms with Gasteiger partial charge in [-0.25, -0.2) is 9.97 Å². The number of nitrogens with zero attached hydrogens (tertiary/aromatic N) is 2. The molecule has 1 heterocycles. The van der Waals surface area contributed by atoms with E-state index in [1.165, 1.54) is 0 Å². The van der Waals surface area contributed by atoms with Gasteiger partial charge in [0.15, 0.2) is 5.75 Å². The monoisotopic (exact) mass is 197 g/mol. The third-order valence-corrected chi connectivity index (χ3v) is 1.91. The second-order valence-corrected chi connectivity index (χ2v) is 2.88. The Kier molecular flexibility index (Phi) is 4.12. The molecule has 0 saturated carbocycles. The van der Waals surface area contributed by atoms with Crippen LogP contribution in [0.25, 0.3) is 0 Å². The van der Waals surface area contributed by atoms with Gasteiger partial charge in [-0.2, -0.15) is 0 Å². The van der Waals surface area contributed by atoms with Crippen LogP contribution in [0.3, 0.4) is 0 Å². The maximum absolute atomic E-state index is 8.95. The van der Waals surface area contributed by atoms with E-state index in [-0.39, 0.29) is 12.6 Å². The molecule has 0 fully saturated rings. The fourth-order valence-corrected chi connectivity index (χ4v) is 0.956. The molecule has 2 N–H and O–H groups in total. The van der Waals surface area contributed by atoms with Gasteiger partial charge in [-0.15, -0.1) is 0 Å². The molecule has 0 aromatic carbocycles. The minimum atomic E-state index is 0.00314. The predicted octanol–water partition coefficient (Wildman–Crippen LogP) is 0.668. The Morgan fingerprint density at radius 3 is 2.57 bits per heavy atom. The van der Waals surface area contributed by atoms with Crippen LogP contribution in [0.4, 0.5) is 5.95 Å². The minimum absolute atomic E-state index is 0.00314. The smallest absolute Gasteiger partial charge is 0.223 e. The summed E-state index contributed by atoms with van der Waals surface area (Å²) in [5.74, 6) is 1.12. The molecule has 78 valence electrons. The van der Waals surface area contributed by atoms with Crippen LogP contribution in [0.5, 0.6) is 5.75 Å². The van der Waals surface area contributed by atoms with Crippen LogP contribution in [0.2, 0.25) is 0 Å². The van der Waals surface area contributed by atoms with E-state index in [9.17, 15) is 0 Å². The highest BCUT2D eigenvalue weighted by molar-refractivity contribution is 5.28. The van der Waals surface area contributed by atoms with Crippen molar-refractivity contribution in [2.24, 2.45) is 0 Å². The second-order valence-electron chi connectivity index (χ2n) is 2.88. The zero-order valence-electron chi connectivity index (χ0n) is 8.40. The molecular weight excluding hydrogens is 182 g/mol. The van der Waals surface area contributed by atoms with Crippen molar-refractivity contribution in [3.63, 3.8) is 0 Å². The number of nitrogens with one attached hydrogen (secondary N) is 1. The van der Waals surface area contributed by atoms with Crippen LogP contribution in [0.1, 0.15) is 13.3 Å². The van der Waals surface area contributed by atoms with Gasteiger partial charge in [0.1, 0.15) is 0 Å². The van der Waals surface area contributed by atoms with Gasteiger partial charge >= 0.3 is 0 Å². The molecule has 1 rings (SSSR count). The number of hydrogen-bond donors (Lipinski definition) is 2. The zero-order chi connectivity index (χ0) is 10.4. The van der Waals surface area contributed by atoms with Crippen LogP contribution in [0.15, 0.2) is 12.4 Å². The molecule has 5 heteroatoms. The first-order valence-electron chi connectivity index (χ1n) is 4.53. The van der Waals surface area contributed by atoms with E-state index in [2.05, 4.69) is 15.3 Å². The van der Waals surface area contributed by atoms with E-state index in [0.717, 1.165) is 6.42 Å². The largest absolute Gasteiger partial charge is 0.494 e. The molecule has 0 aliphatic rings. The molecule has 0 saturated heterocycles. The lowest BCUT2D eigenvalue weighted by molar-refractivity contribution is 0.271. The molecule has 0 aliphatic carbocycles. The Hall–Kier alpha value is -1.36. The summed E-state index contributed by atoms with van der Waals surface area (Å²) in [6.45, 7) is 2.06. The van der Waals surface area contributed by atoms with E-state index in [1.807, 2.05) is 6.92 Å². The van der Waals surface area contributed by atoms with Crippen LogP contribution >= 0.6 is 0 Å². The fourth-order valence-electron chi connectivity index (χ4n) is 0.956. The summed E-state index contributed by atoms with van der Waals surface area (Å²) in [4.78, 5) is 8.05.